The van der Waals surface area contributed by atoms with Crippen molar-refractivity contribution in [3.63, 3.8) is 0 Å². The number of fused-ring (bicyclic) bond motifs is 3. The van der Waals surface area contributed by atoms with E-state index >= 15 is 0 Å². The summed E-state index contributed by atoms with van der Waals surface area (Å²) in [4.78, 5) is 64.0. The van der Waals surface area contributed by atoms with E-state index in [1.54, 1.807) is 12.2 Å². The zero-order chi connectivity index (χ0) is 51.7. The number of aromatic nitrogens is 2. The summed E-state index contributed by atoms with van der Waals surface area (Å²) < 4.78 is 64.5. The van der Waals surface area contributed by atoms with E-state index in [1.807, 2.05) is 6.92 Å². The quantitative estimate of drug-likeness (QED) is 0.0350. The van der Waals surface area contributed by atoms with Crippen LogP contribution in [0.1, 0.15) is 149 Å². The van der Waals surface area contributed by atoms with Crippen molar-refractivity contribution < 1.29 is 86.3 Å². The van der Waals surface area contributed by atoms with Crippen LogP contribution in [0.15, 0.2) is 41.4 Å². The number of nitrogens with zero attached hydrogens (tertiary/aromatic N) is 2. The Morgan fingerprint density at radius 1 is 0.914 bits per heavy atom. The Balaban J connectivity index is 1.88. The van der Waals surface area contributed by atoms with Crippen molar-refractivity contribution in [2.75, 3.05) is 25.6 Å². The van der Waals surface area contributed by atoms with Crippen LogP contribution in [0.4, 0.5) is 5.82 Å². The Morgan fingerprint density at radius 2 is 1.57 bits per heavy atom. The monoisotopic (exact) mass is 1040 g/mol. The predicted molar refractivity (Wildman–Crippen MR) is 255 cm³/mol. The van der Waals surface area contributed by atoms with Gasteiger partial charge in [-0.1, -0.05) is 116 Å². The molecule has 3 unspecified atom stereocenters. The standard InChI is InChI=1S/C46H79N3O19P2/c1-4-5-14-20-33(50)24-25-37-43(55)44(56)38-31-64-70(60,61)68-69(58,59)63-30-34(29-62-40(52)22-17-11-9-7-6-8-10-15-19-32(2)3)65-41(53)23-18-13-12-16-21-35(36(51)28-42(54)66-37)45(67-38)49-27-26-39(47)48-46(49)57/h12,16,24-27,32-38,42-45,50-51,54-56H,4-11,13-15,17-23,28-31H2,1-3H3,(H,58,59)(H,60,61)(H2,47,48,57)/b16-12?,25-24+/t33-,34+,35-,36-,37+,38+,42?,43-,44+,45+/m0/s1. The summed E-state index contributed by atoms with van der Waals surface area (Å²) in [6.45, 7) is 3.65. The van der Waals surface area contributed by atoms with Gasteiger partial charge in [-0.05, 0) is 44.1 Å². The number of carbonyl (C=O) groups is 2. The zero-order valence-corrected chi connectivity index (χ0v) is 42.6. The van der Waals surface area contributed by atoms with E-state index in [-0.39, 0.29) is 37.9 Å². The molecule has 22 nitrogen and oxygen atoms in total. The fourth-order valence-corrected chi connectivity index (χ4v) is 9.93. The topological polar surface area (TPSA) is 335 Å². The molecule has 2 aliphatic heterocycles. The molecule has 0 spiro atoms. The average Bonchev–Trinajstić information content (AvgIpc) is 3.29. The molecule has 1 aromatic heterocycles. The lowest BCUT2D eigenvalue weighted by Crippen LogP contribution is -2.49. The van der Waals surface area contributed by atoms with Gasteiger partial charge in [-0.3, -0.25) is 23.2 Å². The smallest absolute Gasteiger partial charge is 0.462 e. The summed E-state index contributed by atoms with van der Waals surface area (Å²) in [7, 11) is -11.3. The van der Waals surface area contributed by atoms with E-state index in [1.165, 1.54) is 43.9 Å². The minimum atomic E-state index is -5.72. The van der Waals surface area contributed by atoms with Crippen LogP contribution in [0.3, 0.4) is 0 Å². The highest BCUT2D eigenvalue weighted by Gasteiger charge is 2.44. The van der Waals surface area contributed by atoms with Crippen LogP contribution in [0.25, 0.3) is 0 Å². The van der Waals surface area contributed by atoms with Crippen LogP contribution in [0, 0.1) is 11.8 Å². The molecule has 402 valence electrons. The number of hydrogen-bond acceptors (Lipinski definition) is 19. The van der Waals surface area contributed by atoms with E-state index in [0.29, 0.717) is 25.2 Å². The summed E-state index contributed by atoms with van der Waals surface area (Å²) in [5, 5.41) is 56.7. The first-order valence-corrected chi connectivity index (χ1v) is 27.6. The maximum atomic E-state index is 13.4. The van der Waals surface area contributed by atoms with Crippen molar-refractivity contribution in [3.8, 4) is 0 Å². The molecule has 1 saturated heterocycles. The van der Waals surface area contributed by atoms with Gasteiger partial charge in [-0.25, -0.2) is 13.9 Å². The predicted octanol–water partition coefficient (Wildman–Crippen LogP) is 5.41. The van der Waals surface area contributed by atoms with Crippen LogP contribution >= 0.6 is 15.6 Å². The van der Waals surface area contributed by atoms with Crippen LogP contribution in [0.5, 0.6) is 0 Å². The zero-order valence-electron chi connectivity index (χ0n) is 40.8. The van der Waals surface area contributed by atoms with Gasteiger partial charge in [0, 0.05) is 31.4 Å². The fraction of sp³-hybridized carbons (Fsp3) is 0.783. The number of ether oxygens (including phenoxy) is 4. The van der Waals surface area contributed by atoms with Gasteiger partial charge in [0.05, 0.1) is 25.4 Å². The first-order valence-electron chi connectivity index (χ1n) is 24.6. The third-order valence-electron chi connectivity index (χ3n) is 11.8. The lowest BCUT2D eigenvalue weighted by molar-refractivity contribution is -0.192. The molecule has 0 aliphatic carbocycles. The number of rotatable bonds is 20. The number of aliphatic hydroxyl groups is 5. The van der Waals surface area contributed by atoms with E-state index in [4.69, 9.17) is 33.7 Å². The minimum Gasteiger partial charge on any atom is -0.462 e. The fourth-order valence-electron chi connectivity index (χ4n) is 7.82. The van der Waals surface area contributed by atoms with E-state index < -0.39 is 121 Å². The van der Waals surface area contributed by atoms with Crippen LogP contribution in [-0.2, 0) is 51.0 Å². The lowest BCUT2D eigenvalue weighted by Gasteiger charge is -2.36. The summed E-state index contributed by atoms with van der Waals surface area (Å²) in [6.07, 6.45) is 3.02. The van der Waals surface area contributed by atoms with Gasteiger partial charge in [0.2, 0.25) is 0 Å². The second-order valence-corrected chi connectivity index (χ2v) is 21.4. The Morgan fingerprint density at radius 3 is 2.24 bits per heavy atom. The normalized spacial score (nSPS) is 31.0. The maximum absolute atomic E-state index is 13.4. The molecule has 70 heavy (non-hydrogen) atoms. The van der Waals surface area contributed by atoms with Gasteiger partial charge in [-0.2, -0.15) is 9.29 Å². The van der Waals surface area contributed by atoms with Crippen molar-refractivity contribution in [1.82, 2.24) is 9.55 Å². The Bertz CT molecular complexity index is 1900. The van der Waals surface area contributed by atoms with E-state index in [9.17, 15) is 58.8 Å². The van der Waals surface area contributed by atoms with Crippen molar-refractivity contribution in [2.24, 2.45) is 11.8 Å². The highest BCUT2D eigenvalue weighted by atomic mass is 31.3. The molecule has 0 amide bonds. The average molecular weight is 1040 g/mol. The number of nitrogen functional groups attached to an aromatic ring is 1. The van der Waals surface area contributed by atoms with Gasteiger partial charge in [0.1, 0.15) is 43.1 Å². The van der Waals surface area contributed by atoms with E-state index in [2.05, 4.69) is 23.1 Å². The third-order valence-corrected chi connectivity index (χ3v) is 14.4. The second-order valence-electron chi connectivity index (χ2n) is 18.3. The number of hydrogen-bond donors (Lipinski definition) is 8. The van der Waals surface area contributed by atoms with Gasteiger partial charge < -0.3 is 60.0 Å². The summed E-state index contributed by atoms with van der Waals surface area (Å²) in [5.74, 6) is -2.14. The van der Waals surface area contributed by atoms with Crippen LogP contribution in [0.2, 0.25) is 0 Å². The first kappa shape index (κ1) is 61.4. The Hall–Kier alpha value is -2.92. The molecule has 2 bridgehead atoms. The number of unbranched alkanes of at least 4 members (excludes halogenated alkanes) is 9. The van der Waals surface area contributed by atoms with Crippen LogP contribution < -0.4 is 11.4 Å². The SMILES string of the molecule is CCCCC[C@H](O)/C=C/[C@H]1OC(O)C[C@H](O)[C@@H]2CC=CCCCC(=O)O[C@H](COC(=O)CCCCCCCCCCC(C)C)COP(=O)(O)OP(=O)(O)OC[C@@H](O[C@H]2n2ccc(N)nc2=O)[C@@H](O)[C@H]1O. The molecule has 0 saturated carbocycles. The largest absolute Gasteiger partial charge is 0.481 e. The number of esters is 2. The summed E-state index contributed by atoms with van der Waals surface area (Å²) >= 11 is 0. The number of carbonyl (C=O) groups excluding carboxylic acids is 2. The van der Waals surface area contributed by atoms with Crippen molar-refractivity contribution >= 4 is 33.4 Å². The maximum Gasteiger partial charge on any atom is 0.481 e. The third kappa shape index (κ3) is 24.2. The van der Waals surface area contributed by atoms with Crippen molar-refractivity contribution in [3.05, 3.63) is 47.1 Å². The molecule has 2 aliphatic rings. The Labute approximate surface area is 410 Å². The van der Waals surface area contributed by atoms with E-state index in [0.717, 1.165) is 49.3 Å². The molecule has 9 N–H and O–H groups in total. The van der Waals surface area contributed by atoms with Gasteiger partial charge in [0.25, 0.3) is 0 Å². The van der Waals surface area contributed by atoms with Crippen molar-refractivity contribution in [2.45, 2.75) is 198 Å². The number of anilines is 1. The van der Waals surface area contributed by atoms with Crippen molar-refractivity contribution in [1.29, 1.82) is 0 Å². The molecule has 24 heteroatoms. The molecule has 1 aromatic rings. The number of phosphoric ester groups is 2. The highest BCUT2D eigenvalue weighted by Crippen LogP contribution is 2.60. The second kappa shape index (κ2) is 32.3. The molecule has 12 atom stereocenters. The highest BCUT2D eigenvalue weighted by molar-refractivity contribution is 7.61. The number of nitrogens with two attached hydrogens (primary N) is 1. The van der Waals surface area contributed by atoms with Gasteiger partial charge in [0.15, 0.2) is 12.4 Å². The number of phosphoric acid groups is 2. The Kier molecular flexibility index (Phi) is 28.3. The first-order chi connectivity index (χ1) is 33.2. The molecule has 0 aromatic carbocycles. The molecule has 0 radical (unpaired) electrons. The molecular weight excluding hydrogens is 960 g/mol. The number of aliphatic hydroxyl groups excluding tert-OH is 5. The number of cyclic esters (lactones) is 1. The molecule has 1 fully saturated rings. The van der Waals surface area contributed by atoms with Gasteiger partial charge >= 0.3 is 33.3 Å². The minimum absolute atomic E-state index is 0.0742. The summed E-state index contributed by atoms with van der Waals surface area (Å²) in [6, 6.07) is 1.22. The molecule has 3 heterocycles. The van der Waals surface area contributed by atoms with Crippen LogP contribution in [-0.4, -0.2) is 126 Å². The lowest BCUT2D eigenvalue weighted by atomic mass is 9.92. The number of allylic oxidation sites excluding steroid dienone is 2. The van der Waals surface area contributed by atoms with Gasteiger partial charge in [-0.15, -0.1) is 0 Å². The summed E-state index contributed by atoms with van der Waals surface area (Å²) in [5.41, 5.74) is 4.74. The molecule has 3 rings (SSSR count). The molecular formula is C46H79N3O19P2.